The Bertz CT molecular complexity index is 1710. The predicted molar refractivity (Wildman–Crippen MR) is 184 cm³/mol. The average molecular weight is 658 g/mol. The van der Waals surface area contributed by atoms with Gasteiger partial charge in [0, 0.05) is 19.5 Å². The van der Waals surface area contributed by atoms with E-state index in [0.717, 1.165) is 21.0 Å². The van der Waals surface area contributed by atoms with Crippen molar-refractivity contribution in [2.45, 2.75) is 51.1 Å². The minimum atomic E-state index is -4.20. The molecule has 0 heterocycles. The number of anilines is 1. The SMILES string of the molecule is CCCNC(=O)C(Cc1ccccc1)N(Cc1cccc(OC)c1)C(=O)CN(c1ccc(OCC)cc1)S(=O)(=O)c1ccc(C)cc1. The lowest BCUT2D eigenvalue weighted by Gasteiger charge is -2.34. The van der Waals surface area contributed by atoms with Crippen LogP contribution in [0, 0.1) is 6.92 Å². The van der Waals surface area contributed by atoms with Gasteiger partial charge in [0.25, 0.3) is 10.0 Å². The Kier molecular flexibility index (Phi) is 12.4. The Morgan fingerprint density at radius 3 is 2.15 bits per heavy atom. The molecule has 10 heteroatoms. The number of nitrogens with zero attached hydrogens (tertiary/aromatic N) is 2. The average Bonchev–Trinajstić information content (AvgIpc) is 3.08. The fourth-order valence-corrected chi connectivity index (χ4v) is 6.54. The third-order valence-electron chi connectivity index (χ3n) is 7.63. The number of carbonyl (C=O) groups is 2. The highest BCUT2D eigenvalue weighted by Gasteiger charge is 2.34. The lowest BCUT2D eigenvalue weighted by molar-refractivity contribution is -0.140. The second kappa shape index (κ2) is 16.6. The van der Waals surface area contributed by atoms with Crippen molar-refractivity contribution in [2.24, 2.45) is 0 Å². The quantitative estimate of drug-likeness (QED) is 0.164. The molecule has 0 aliphatic carbocycles. The van der Waals surface area contributed by atoms with Gasteiger partial charge in [-0.15, -0.1) is 0 Å². The number of hydrogen-bond acceptors (Lipinski definition) is 6. The standard InChI is InChI=1S/C37H43N3O6S/c1-5-23-38-37(42)35(25-29-11-8-7-9-12-29)39(26-30-13-10-14-33(24-30)45-4)36(41)27-40(31-17-19-32(20-18-31)46-6-2)47(43,44)34-21-15-28(3)16-22-34/h7-22,24,35H,5-6,23,25-27H2,1-4H3,(H,38,42). The fourth-order valence-electron chi connectivity index (χ4n) is 5.13. The van der Waals surface area contributed by atoms with Crippen molar-refractivity contribution in [1.29, 1.82) is 0 Å². The normalized spacial score (nSPS) is 11.7. The molecule has 1 N–H and O–H groups in total. The van der Waals surface area contributed by atoms with E-state index in [1.165, 1.54) is 17.0 Å². The molecule has 248 valence electrons. The highest BCUT2D eigenvalue weighted by atomic mass is 32.2. The topological polar surface area (TPSA) is 105 Å². The maximum absolute atomic E-state index is 14.6. The molecule has 1 atom stereocenters. The van der Waals surface area contributed by atoms with Crippen molar-refractivity contribution in [3.63, 3.8) is 0 Å². The maximum atomic E-state index is 14.6. The molecule has 0 aliphatic rings. The zero-order valence-electron chi connectivity index (χ0n) is 27.4. The Labute approximate surface area is 278 Å². The van der Waals surface area contributed by atoms with E-state index in [1.807, 2.05) is 63.2 Å². The zero-order valence-corrected chi connectivity index (χ0v) is 28.2. The molecular weight excluding hydrogens is 614 g/mol. The summed E-state index contributed by atoms with van der Waals surface area (Å²) in [6.45, 7) is 6.08. The van der Waals surface area contributed by atoms with E-state index in [2.05, 4.69) is 5.32 Å². The minimum absolute atomic E-state index is 0.0469. The summed E-state index contributed by atoms with van der Waals surface area (Å²) in [5.41, 5.74) is 2.79. The van der Waals surface area contributed by atoms with Gasteiger partial charge in [-0.1, -0.05) is 67.1 Å². The largest absolute Gasteiger partial charge is 0.497 e. The first-order valence-electron chi connectivity index (χ1n) is 15.7. The van der Waals surface area contributed by atoms with Gasteiger partial charge in [0.15, 0.2) is 0 Å². The molecule has 1 unspecified atom stereocenters. The number of rotatable bonds is 16. The zero-order chi connectivity index (χ0) is 33.8. The van der Waals surface area contributed by atoms with Gasteiger partial charge in [-0.2, -0.15) is 0 Å². The summed E-state index contributed by atoms with van der Waals surface area (Å²) in [6.07, 6.45) is 0.952. The van der Waals surface area contributed by atoms with Crippen LogP contribution in [0.4, 0.5) is 5.69 Å². The van der Waals surface area contributed by atoms with E-state index in [9.17, 15) is 18.0 Å². The monoisotopic (exact) mass is 657 g/mol. The Morgan fingerprint density at radius 2 is 1.51 bits per heavy atom. The number of methoxy groups -OCH3 is 1. The van der Waals surface area contributed by atoms with E-state index in [1.54, 1.807) is 55.6 Å². The molecule has 4 aromatic carbocycles. The number of aryl methyl sites for hydroxylation is 1. The van der Waals surface area contributed by atoms with E-state index >= 15 is 0 Å². The summed E-state index contributed by atoms with van der Waals surface area (Å²) in [4.78, 5) is 29.9. The Hall–Kier alpha value is -4.83. The lowest BCUT2D eigenvalue weighted by atomic mass is 10.0. The van der Waals surface area contributed by atoms with Crippen LogP contribution in [0.1, 0.15) is 37.0 Å². The molecule has 0 aromatic heterocycles. The number of carbonyl (C=O) groups excluding carboxylic acids is 2. The minimum Gasteiger partial charge on any atom is -0.497 e. The van der Waals surface area contributed by atoms with Crippen LogP contribution < -0.4 is 19.1 Å². The van der Waals surface area contributed by atoms with E-state index in [4.69, 9.17) is 9.47 Å². The first kappa shape index (κ1) is 35.0. The smallest absolute Gasteiger partial charge is 0.264 e. The summed E-state index contributed by atoms with van der Waals surface area (Å²) < 4.78 is 40.5. The van der Waals surface area contributed by atoms with Crippen LogP contribution in [0.25, 0.3) is 0 Å². The molecule has 0 saturated heterocycles. The number of amides is 2. The van der Waals surface area contributed by atoms with Crippen molar-refractivity contribution >= 4 is 27.5 Å². The van der Waals surface area contributed by atoms with E-state index < -0.39 is 28.5 Å². The van der Waals surface area contributed by atoms with Crippen LogP contribution in [-0.4, -0.2) is 58.0 Å². The number of nitrogens with one attached hydrogen (secondary N) is 1. The molecule has 47 heavy (non-hydrogen) atoms. The predicted octanol–water partition coefficient (Wildman–Crippen LogP) is 5.76. The molecule has 0 spiro atoms. The first-order chi connectivity index (χ1) is 22.7. The molecule has 2 amide bonds. The number of hydrogen-bond donors (Lipinski definition) is 1. The third kappa shape index (κ3) is 9.36. The maximum Gasteiger partial charge on any atom is 0.264 e. The van der Waals surface area contributed by atoms with Crippen molar-refractivity contribution in [3.8, 4) is 11.5 Å². The number of benzene rings is 4. The van der Waals surface area contributed by atoms with Crippen LogP contribution in [0.15, 0.2) is 108 Å². The van der Waals surface area contributed by atoms with E-state index in [0.29, 0.717) is 36.8 Å². The van der Waals surface area contributed by atoms with E-state index in [-0.39, 0.29) is 23.8 Å². The van der Waals surface area contributed by atoms with Crippen molar-refractivity contribution < 1.29 is 27.5 Å². The highest BCUT2D eigenvalue weighted by molar-refractivity contribution is 7.92. The fraction of sp³-hybridized carbons (Fsp3) is 0.297. The lowest BCUT2D eigenvalue weighted by Crippen LogP contribution is -2.53. The molecule has 0 saturated carbocycles. The van der Waals surface area contributed by atoms with Gasteiger partial charge in [-0.3, -0.25) is 13.9 Å². The molecule has 4 aromatic rings. The number of sulfonamides is 1. The molecule has 4 rings (SSSR count). The van der Waals surface area contributed by atoms with Gasteiger partial charge in [-0.05, 0) is 79.9 Å². The van der Waals surface area contributed by atoms with Gasteiger partial charge in [0.2, 0.25) is 11.8 Å². The van der Waals surface area contributed by atoms with Gasteiger partial charge < -0.3 is 19.7 Å². The summed E-state index contributed by atoms with van der Waals surface area (Å²) >= 11 is 0. The van der Waals surface area contributed by atoms with Crippen LogP contribution in [0.2, 0.25) is 0 Å². The second-order valence-electron chi connectivity index (χ2n) is 11.1. The Morgan fingerprint density at radius 1 is 0.830 bits per heavy atom. The third-order valence-corrected chi connectivity index (χ3v) is 9.42. The molecular formula is C37H43N3O6S. The summed E-state index contributed by atoms with van der Waals surface area (Å²) in [5, 5.41) is 2.96. The van der Waals surface area contributed by atoms with Crippen molar-refractivity contribution in [2.75, 3.05) is 31.1 Å². The van der Waals surface area contributed by atoms with Gasteiger partial charge in [0.05, 0.1) is 24.3 Å². The Balaban J connectivity index is 1.80. The van der Waals surface area contributed by atoms with Crippen molar-refractivity contribution in [3.05, 3.63) is 120 Å². The van der Waals surface area contributed by atoms with Crippen LogP contribution >= 0.6 is 0 Å². The number of ether oxygens (including phenoxy) is 2. The van der Waals surface area contributed by atoms with Crippen LogP contribution in [0.5, 0.6) is 11.5 Å². The second-order valence-corrected chi connectivity index (χ2v) is 13.0. The molecule has 0 radical (unpaired) electrons. The van der Waals surface area contributed by atoms with Crippen molar-refractivity contribution in [1.82, 2.24) is 10.2 Å². The molecule has 0 fully saturated rings. The van der Waals surface area contributed by atoms with Crippen LogP contribution in [0.3, 0.4) is 0 Å². The summed E-state index contributed by atoms with van der Waals surface area (Å²) in [5.74, 6) is 0.319. The first-order valence-corrected chi connectivity index (χ1v) is 17.2. The van der Waals surface area contributed by atoms with Crippen LogP contribution in [-0.2, 0) is 32.6 Å². The molecule has 0 bridgehead atoms. The molecule has 9 nitrogen and oxygen atoms in total. The van der Waals surface area contributed by atoms with Gasteiger partial charge in [-0.25, -0.2) is 8.42 Å². The van der Waals surface area contributed by atoms with Gasteiger partial charge >= 0.3 is 0 Å². The molecule has 0 aliphatic heterocycles. The summed E-state index contributed by atoms with van der Waals surface area (Å²) in [6, 6.07) is 28.9. The summed E-state index contributed by atoms with van der Waals surface area (Å²) in [7, 11) is -2.64. The van der Waals surface area contributed by atoms with Gasteiger partial charge in [0.1, 0.15) is 24.1 Å². The highest BCUT2D eigenvalue weighted by Crippen LogP contribution is 2.27.